The monoisotopic (exact) mass is 288 g/mol. The average molecular weight is 288 g/mol. The third-order valence-electron chi connectivity index (χ3n) is 3.42. The van der Waals surface area contributed by atoms with Crippen molar-refractivity contribution in [2.24, 2.45) is 5.73 Å². The molecule has 0 aromatic heterocycles. The van der Waals surface area contributed by atoms with Crippen molar-refractivity contribution in [3.8, 4) is 0 Å². The molecule has 0 fully saturated rings. The molecule has 0 saturated carbocycles. The van der Waals surface area contributed by atoms with E-state index in [0.717, 1.165) is 18.2 Å². The molecule has 5 heteroatoms. The molecule has 2 N–H and O–H groups in total. The topological polar surface area (TPSA) is 29.3 Å². The number of hydrogen-bond donors (Lipinski definition) is 1. The lowest BCUT2D eigenvalue weighted by Gasteiger charge is -2.32. The molecule has 19 heavy (non-hydrogen) atoms. The molecule has 2 nitrogen and oxygen atoms in total. The third kappa shape index (κ3) is 4.75. The molecule has 1 rings (SSSR count). The summed E-state index contributed by atoms with van der Waals surface area (Å²) in [5.74, 6) is -0.0578. The number of thioether (sulfide) groups is 1. The zero-order valence-corrected chi connectivity index (χ0v) is 12.5. The van der Waals surface area contributed by atoms with E-state index in [2.05, 4.69) is 18.1 Å². The van der Waals surface area contributed by atoms with Gasteiger partial charge >= 0.3 is 0 Å². The maximum absolute atomic E-state index is 13.3. The summed E-state index contributed by atoms with van der Waals surface area (Å²) in [5.41, 5.74) is 6.38. The lowest BCUT2D eigenvalue weighted by molar-refractivity contribution is 0.185. The zero-order valence-electron chi connectivity index (χ0n) is 11.7. The Hall–Kier alpha value is -0.650. The van der Waals surface area contributed by atoms with E-state index < -0.39 is 11.6 Å². The van der Waals surface area contributed by atoms with E-state index in [0.29, 0.717) is 18.2 Å². The van der Waals surface area contributed by atoms with Gasteiger partial charge in [-0.05, 0) is 50.1 Å². The maximum Gasteiger partial charge on any atom is 0.126 e. The molecule has 2 atom stereocenters. The van der Waals surface area contributed by atoms with Crippen LogP contribution in [0.2, 0.25) is 0 Å². The first-order chi connectivity index (χ1) is 8.99. The van der Waals surface area contributed by atoms with Gasteiger partial charge in [0.1, 0.15) is 11.6 Å². The third-order valence-corrected chi connectivity index (χ3v) is 4.06. The summed E-state index contributed by atoms with van der Waals surface area (Å²) in [7, 11) is 1.95. The Bertz CT molecular complexity index is 381. The van der Waals surface area contributed by atoms with E-state index in [-0.39, 0.29) is 6.04 Å². The second kappa shape index (κ2) is 7.82. The van der Waals surface area contributed by atoms with Gasteiger partial charge in [0, 0.05) is 24.7 Å². The highest BCUT2D eigenvalue weighted by molar-refractivity contribution is 7.98. The molecule has 0 spiro atoms. The Morgan fingerprint density at radius 2 is 1.84 bits per heavy atom. The number of halogens is 2. The predicted molar refractivity (Wildman–Crippen MR) is 78.4 cm³/mol. The van der Waals surface area contributed by atoms with E-state index >= 15 is 0 Å². The number of hydrogen-bond acceptors (Lipinski definition) is 3. The molecule has 0 aliphatic carbocycles. The molecule has 1 aromatic carbocycles. The largest absolute Gasteiger partial charge is 0.329 e. The summed E-state index contributed by atoms with van der Waals surface area (Å²) in [5, 5.41) is 0. The Morgan fingerprint density at radius 1 is 1.26 bits per heavy atom. The fourth-order valence-corrected chi connectivity index (χ4v) is 2.68. The summed E-state index contributed by atoms with van der Waals surface area (Å²) in [6.07, 6.45) is 3.08. The van der Waals surface area contributed by atoms with Crippen molar-refractivity contribution in [2.45, 2.75) is 25.4 Å². The van der Waals surface area contributed by atoms with Crippen molar-refractivity contribution in [2.75, 3.05) is 25.6 Å². The summed E-state index contributed by atoms with van der Waals surface area (Å²) >= 11 is 1.79. The lowest BCUT2D eigenvalue weighted by atomic mass is 10.0. The molecule has 0 aliphatic heterocycles. The van der Waals surface area contributed by atoms with Crippen molar-refractivity contribution >= 4 is 11.8 Å². The second-order valence-corrected chi connectivity index (χ2v) is 5.74. The number of rotatable bonds is 7. The first-order valence-corrected chi connectivity index (χ1v) is 7.76. The summed E-state index contributed by atoms with van der Waals surface area (Å²) < 4.78 is 26.6. The van der Waals surface area contributed by atoms with Gasteiger partial charge in [0.25, 0.3) is 0 Å². The van der Waals surface area contributed by atoms with Crippen LogP contribution in [0.15, 0.2) is 18.2 Å². The van der Waals surface area contributed by atoms with Gasteiger partial charge in [-0.3, -0.25) is 4.90 Å². The predicted octanol–water partition coefficient (Wildman–Crippen LogP) is 3.04. The first kappa shape index (κ1) is 16.4. The molecule has 0 heterocycles. The number of likely N-dealkylation sites (N-methyl/N-ethyl adjacent to an activating group) is 1. The molecule has 0 amide bonds. The van der Waals surface area contributed by atoms with E-state index in [1.54, 1.807) is 11.8 Å². The van der Waals surface area contributed by atoms with Crippen LogP contribution in [0.25, 0.3) is 0 Å². The Labute approximate surface area is 118 Å². The summed E-state index contributed by atoms with van der Waals surface area (Å²) in [6, 6.07) is 3.75. The van der Waals surface area contributed by atoms with Gasteiger partial charge in [-0.25, -0.2) is 8.78 Å². The zero-order chi connectivity index (χ0) is 14.4. The highest BCUT2D eigenvalue weighted by Gasteiger charge is 2.21. The van der Waals surface area contributed by atoms with Crippen molar-refractivity contribution in [1.29, 1.82) is 0 Å². The fourth-order valence-electron chi connectivity index (χ4n) is 2.10. The van der Waals surface area contributed by atoms with Crippen molar-refractivity contribution in [3.63, 3.8) is 0 Å². The fraction of sp³-hybridized carbons (Fsp3) is 0.571. The average Bonchev–Trinajstić information content (AvgIpc) is 2.35. The number of nitrogens with two attached hydrogens (primary N) is 1. The minimum atomic E-state index is -0.557. The molecular formula is C14H22F2N2S. The maximum atomic E-state index is 13.3. The highest BCUT2D eigenvalue weighted by Crippen LogP contribution is 2.23. The minimum Gasteiger partial charge on any atom is -0.329 e. The Kier molecular flexibility index (Phi) is 6.75. The van der Waals surface area contributed by atoms with Crippen LogP contribution in [-0.4, -0.2) is 36.5 Å². The Morgan fingerprint density at radius 3 is 2.32 bits per heavy atom. The van der Waals surface area contributed by atoms with Crippen LogP contribution in [0.5, 0.6) is 0 Å². The van der Waals surface area contributed by atoms with Crippen LogP contribution in [0, 0.1) is 11.6 Å². The standard InChI is InChI=1S/C14H22F2N2S/c1-10(4-5-19-3)18(2)14(9-17)11-6-12(15)8-13(16)7-11/h6-8,10,14H,4-5,9,17H2,1-3H3. The van der Waals surface area contributed by atoms with Crippen molar-refractivity contribution in [1.82, 2.24) is 4.90 Å². The van der Waals surface area contributed by atoms with Gasteiger partial charge in [-0.15, -0.1) is 0 Å². The van der Waals surface area contributed by atoms with Crippen molar-refractivity contribution < 1.29 is 8.78 Å². The second-order valence-electron chi connectivity index (χ2n) is 4.75. The number of nitrogens with zero attached hydrogens (tertiary/aromatic N) is 1. The highest BCUT2D eigenvalue weighted by atomic mass is 32.2. The Balaban J connectivity index is 2.86. The van der Waals surface area contributed by atoms with Crippen LogP contribution in [0.3, 0.4) is 0 Å². The van der Waals surface area contributed by atoms with Crippen molar-refractivity contribution in [3.05, 3.63) is 35.4 Å². The van der Waals surface area contributed by atoms with Gasteiger partial charge in [0.15, 0.2) is 0 Å². The lowest BCUT2D eigenvalue weighted by Crippen LogP contribution is -2.37. The van der Waals surface area contributed by atoms with E-state index in [9.17, 15) is 8.78 Å². The van der Waals surface area contributed by atoms with Gasteiger partial charge in [0.2, 0.25) is 0 Å². The smallest absolute Gasteiger partial charge is 0.126 e. The minimum absolute atomic E-state index is 0.165. The van der Waals surface area contributed by atoms with Crippen LogP contribution in [0.1, 0.15) is 24.9 Å². The van der Waals surface area contributed by atoms with Crippen LogP contribution < -0.4 is 5.73 Å². The molecule has 108 valence electrons. The first-order valence-electron chi connectivity index (χ1n) is 6.36. The molecule has 0 saturated heterocycles. The van der Waals surface area contributed by atoms with E-state index in [4.69, 9.17) is 5.73 Å². The summed E-state index contributed by atoms with van der Waals surface area (Å²) in [4.78, 5) is 2.09. The molecular weight excluding hydrogens is 266 g/mol. The van der Waals surface area contributed by atoms with Crippen LogP contribution in [-0.2, 0) is 0 Å². The van der Waals surface area contributed by atoms with Gasteiger partial charge in [-0.2, -0.15) is 11.8 Å². The molecule has 0 bridgehead atoms. The van der Waals surface area contributed by atoms with Gasteiger partial charge < -0.3 is 5.73 Å². The van der Waals surface area contributed by atoms with Crippen LogP contribution in [0.4, 0.5) is 8.78 Å². The SMILES string of the molecule is CSCCC(C)N(C)C(CN)c1cc(F)cc(F)c1. The molecule has 2 unspecified atom stereocenters. The van der Waals surface area contributed by atoms with E-state index in [1.807, 2.05) is 7.05 Å². The quantitative estimate of drug-likeness (QED) is 0.836. The number of benzene rings is 1. The molecule has 1 aromatic rings. The molecule has 0 radical (unpaired) electrons. The van der Waals surface area contributed by atoms with Crippen LogP contribution >= 0.6 is 11.8 Å². The molecule has 0 aliphatic rings. The van der Waals surface area contributed by atoms with Gasteiger partial charge in [-0.1, -0.05) is 0 Å². The van der Waals surface area contributed by atoms with Gasteiger partial charge in [0.05, 0.1) is 0 Å². The summed E-state index contributed by atoms with van der Waals surface area (Å²) in [6.45, 7) is 2.44. The normalized spacial score (nSPS) is 14.7. The van der Waals surface area contributed by atoms with E-state index in [1.165, 1.54) is 12.1 Å².